The molecule has 0 bridgehead atoms. The lowest BCUT2D eigenvalue weighted by atomic mass is 9.84. The molecule has 2 saturated heterocycles. The molecule has 1 aromatic carbocycles. The van der Waals surface area contributed by atoms with Crippen molar-refractivity contribution in [3.8, 4) is 6.07 Å². The maximum absolute atomic E-state index is 13.1. The van der Waals surface area contributed by atoms with Crippen molar-refractivity contribution in [2.75, 3.05) is 32.4 Å². The van der Waals surface area contributed by atoms with Gasteiger partial charge < -0.3 is 10.4 Å². The molecule has 158 valence electrons. The molecule has 29 heavy (non-hydrogen) atoms. The van der Waals surface area contributed by atoms with Crippen LogP contribution in [-0.2, 0) is 0 Å². The summed E-state index contributed by atoms with van der Waals surface area (Å²) in [5, 5.41) is 23.5. The van der Waals surface area contributed by atoms with Crippen LogP contribution in [0.5, 0.6) is 0 Å². The number of aliphatic hydroxyl groups excluding tert-OH is 1. The van der Waals surface area contributed by atoms with E-state index in [1.54, 1.807) is 19.1 Å². The summed E-state index contributed by atoms with van der Waals surface area (Å²) in [6.07, 6.45) is 5.94. The number of benzene rings is 1. The topological polar surface area (TPSA) is 62.5 Å². The molecule has 3 atom stereocenters. The van der Waals surface area contributed by atoms with E-state index in [-0.39, 0.29) is 22.0 Å². The predicted molar refractivity (Wildman–Crippen MR) is 117 cm³/mol. The van der Waals surface area contributed by atoms with E-state index in [0.717, 1.165) is 45.4 Å². The first-order valence-corrected chi connectivity index (χ1v) is 12.1. The maximum atomic E-state index is 13.1. The summed E-state index contributed by atoms with van der Waals surface area (Å²) in [5.41, 5.74) is 1.18. The Bertz CT molecular complexity index is 803. The predicted octanol–water partition coefficient (Wildman–Crippen LogP) is 3.23. The molecule has 1 aliphatic carbocycles. The van der Waals surface area contributed by atoms with Crippen molar-refractivity contribution in [3.05, 3.63) is 35.6 Å². The maximum Gasteiger partial charge on any atom is 0.123 e. The first kappa shape index (κ1) is 21.0. The third-order valence-corrected chi connectivity index (χ3v) is 8.76. The molecule has 2 heterocycles. The summed E-state index contributed by atoms with van der Waals surface area (Å²) >= 11 is 0. The van der Waals surface area contributed by atoms with E-state index in [2.05, 4.69) is 26.8 Å². The van der Waals surface area contributed by atoms with Gasteiger partial charge in [-0.1, -0.05) is 22.8 Å². The second-order valence-electron chi connectivity index (χ2n) is 8.78. The molecule has 3 fully saturated rings. The largest absolute Gasteiger partial charge is 0.358 e. The van der Waals surface area contributed by atoms with Gasteiger partial charge in [-0.05, 0) is 50.1 Å². The summed E-state index contributed by atoms with van der Waals surface area (Å²) in [6, 6.07) is 10.4. The molecule has 1 aromatic rings. The number of nitriles is 1. The van der Waals surface area contributed by atoms with Crippen molar-refractivity contribution >= 4 is 15.7 Å². The van der Waals surface area contributed by atoms with Gasteiger partial charge in [0.25, 0.3) is 0 Å². The summed E-state index contributed by atoms with van der Waals surface area (Å²) in [7, 11) is -0.231. The van der Waals surface area contributed by atoms with Gasteiger partial charge in [0.2, 0.25) is 0 Å². The van der Waals surface area contributed by atoms with E-state index in [1.807, 2.05) is 12.1 Å². The molecular weight excluding hydrogens is 387 g/mol. The van der Waals surface area contributed by atoms with Crippen LogP contribution in [0.3, 0.4) is 0 Å². The van der Waals surface area contributed by atoms with Gasteiger partial charge in [0.1, 0.15) is 5.82 Å². The standard InChI is InChI=1S/C22H31FN4OS/c1-16(28)29(2)27-14-22(15-27,9-10-24)26-11-7-19(8-12-26)25-21-13-20(21)17-3-5-18(23)6-4-17/h3-6,19-21,25,28H,7-9,11-15H2,1-2H3/t20?,21-,29?/m1/s1. The van der Waals surface area contributed by atoms with Crippen molar-refractivity contribution in [1.82, 2.24) is 14.5 Å². The third kappa shape index (κ3) is 4.42. The van der Waals surface area contributed by atoms with Gasteiger partial charge in [-0.25, -0.2) is 4.39 Å². The van der Waals surface area contributed by atoms with E-state index < -0.39 is 0 Å². The lowest BCUT2D eigenvalue weighted by molar-refractivity contribution is -0.0214. The van der Waals surface area contributed by atoms with E-state index in [1.165, 1.54) is 5.56 Å². The van der Waals surface area contributed by atoms with Crippen molar-refractivity contribution in [2.24, 2.45) is 0 Å². The molecule has 4 rings (SSSR count). The second-order valence-corrected chi connectivity index (χ2v) is 10.8. The van der Waals surface area contributed by atoms with Gasteiger partial charge in [-0.2, -0.15) is 5.26 Å². The number of hydrogen-bond donors (Lipinski definition) is 2. The molecule has 0 amide bonds. The van der Waals surface area contributed by atoms with E-state index in [4.69, 9.17) is 0 Å². The van der Waals surface area contributed by atoms with Crippen LogP contribution in [0.25, 0.3) is 0 Å². The van der Waals surface area contributed by atoms with Crippen LogP contribution in [0.15, 0.2) is 24.3 Å². The Balaban J connectivity index is 1.27. The fraction of sp³-hybridized carbons (Fsp3) is 0.636. The van der Waals surface area contributed by atoms with Crippen LogP contribution < -0.4 is 5.32 Å². The Morgan fingerprint density at radius 2 is 1.97 bits per heavy atom. The minimum absolute atomic E-state index is 0.0490. The van der Waals surface area contributed by atoms with Gasteiger partial charge in [0, 0.05) is 44.2 Å². The first-order valence-electron chi connectivity index (χ1n) is 10.5. The lowest BCUT2D eigenvalue weighted by Crippen LogP contribution is -2.70. The lowest BCUT2D eigenvalue weighted by Gasteiger charge is -2.57. The van der Waals surface area contributed by atoms with E-state index in [0.29, 0.717) is 29.5 Å². The molecule has 1 saturated carbocycles. The Hall–Kier alpha value is -1.30. The number of likely N-dealkylation sites (tertiary alicyclic amines) is 1. The summed E-state index contributed by atoms with van der Waals surface area (Å²) in [4.78, 5) is 2.51. The highest BCUT2D eigenvalue weighted by Gasteiger charge is 2.49. The van der Waals surface area contributed by atoms with Gasteiger partial charge in [-0.15, -0.1) is 0 Å². The Kier molecular flexibility index (Phi) is 6.10. The number of aliphatic hydroxyl groups is 1. The quantitative estimate of drug-likeness (QED) is 0.695. The van der Waals surface area contributed by atoms with Crippen LogP contribution in [0.2, 0.25) is 0 Å². The molecule has 5 nitrogen and oxygen atoms in total. The monoisotopic (exact) mass is 418 g/mol. The minimum Gasteiger partial charge on any atom is -0.358 e. The highest BCUT2D eigenvalue weighted by molar-refractivity contribution is 8.13. The molecule has 0 radical (unpaired) electrons. The third-order valence-electron chi connectivity index (χ3n) is 6.87. The fourth-order valence-electron chi connectivity index (χ4n) is 4.84. The van der Waals surface area contributed by atoms with E-state index >= 15 is 0 Å². The number of nitrogens with one attached hydrogen (secondary N) is 1. The number of hydrogen-bond acceptors (Lipinski definition) is 4. The fourth-order valence-corrected chi connectivity index (χ4v) is 6.08. The Morgan fingerprint density at radius 1 is 1.31 bits per heavy atom. The highest BCUT2D eigenvalue weighted by Crippen LogP contribution is 2.42. The molecule has 2 unspecified atom stereocenters. The van der Waals surface area contributed by atoms with E-state index in [9.17, 15) is 14.8 Å². The summed E-state index contributed by atoms with van der Waals surface area (Å²) in [6.45, 7) is 5.53. The van der Waals surface area contributed by atoms with Crippen LogP contribution in [0, 0.1) is 17.1 Å². The van der Waals surface area contributed by atoms with Crippen LogP contribution in [0.4, 0.5) is 4.39 Å². The number of rotatable bonds is 6. The van der Waals surface area contributed by atoms with Crippen LogP contribution >= 0.6 is 10.7 Å². The van der Waals surface area contributed by atoms with Gasteiger partial charge in [0.15, 0.2) is 0 Å². The number of nitrogens with zero attached hydrogens (tertiary/aromatic N) is 3. The average Bonchev–Trinajstić information content (AvgIpc) is 3.44. The summed E-state index contributed by atoms with van der Waals surface area (Å²) < 4.78 is 15.4. The second kappa shape index (κ2) is 8.44. The number of piperidine rings is 1. The first-order chi connectivity index (χ1) is 13.9. The normalized spacial score (nSPS) is 29.0. The molecule has 2 N–H and O–H groups in total. The summed E-state index contributed by atoms with van der Waals surface area (Å²) in [5.74, 6) is 0.341. The smallest absolute Gasteiger partial charge is 0.123 e. The van der Waals surface area contributed by atoms with Crippen molar-refractivity contribution in [1.29, 1.82) is 5.26 Å². The molecule has 2 aliphatic heterocycles. The Labute approximate surface area is 175 Å². The molecule has 0 aromatic heterocycles. The van der Waals surface area contributed by atoms with Crippen LogP contribution in [-0.4, -0.2) is 69.4 Å². The van der Waals surface area contributed by atoms with Crippen molar-refractivity contribution in [2.45, 2.75) is 56.1 Å². The minimum atomic E-state index is -0.231. The van der Waals surface area contributed by atoms with Crippen molar-refractivity contribution in [3.63, 3.8) is 0 Å². The SMILES string of the molecule is C/C(O)=S(/C)N1CC(CC#N)(N2CCC(N[C@@H]3CC3c3ccc(F)cc3)CC2)C1. The molecular formula is C22H31FN4OS. The zero-order valence-electron chi connectivity index (χ0n) is 17.3. The Morgan fingerprint density at radius 3 is 2.55 bits per heavy atom. The molecule has 3 aliphatic rings. The molecule has 0 spiro atoms. The van der Waals surface area contributed by atoms with Gasteiger partial charge >= 0.3 is 0 Å². The molecule has 7 heteroatoms. The number of halogens is 1. The van der Waals surface area contributed by atoms with Gasteiger partial charge in [-0.3, -0.25) is 9.21 Å². The average molecular weight is 419 g/mol. The highest BCUT2D eigenvalue weighted by atomic mass is 32.2. The zero-order chi connectivity index (χ0) is 20.6. The van der Waals surface area contributed by atoms with Crippen LogP contribution in [0.1, 0.15) is 44.1 Å². The van der Waals surface area contributed by atoms with Gasteiger partial charge in [0.05, 0.1) is 23.1 Å². The zero-order valence-corrected chi connectivity index (χ0v) is 18.1. The van der Waals surface area contributed by atoms with Crippen molar-refractivity contribution < 1.29 is 9.50 Å².